The highest BCUT2D eigenvalue weighted by Crippen LogP contribution is 2.54. The van der Waals surface area contributed by atoms with Gasteiger partial charge in [-0.1, -0.05) is 41.5 Å². The lowest BCUT2D eigenvalue weighted by Gasteiger charge is -2.33. The average Bonchev–Trinajstić information content (AvgIpc) is 1.97. The lowest BCUT2D eigenvalue weighted by Crippen LogP contribution is -2.20. The van der Waals surface area contributed by atoms with Crippen molar-refractivity contribution in [3.63, 3.8) is 0 Å². The molecule has 1 aliphatic heterocycles. The molecule has 2 nitrogen and oxygen atoms in total. The van der Waals surface area contributed by atoms with Gasteiger partial charge in [0.1, 0.15) is 18.7 Å². The lowest BCUT2D eigenvalue weighted by atomic mass is 9.92. The van der Waals surface area contributed by atoms with Crippen molar-refractivity contribution >= 4 is 7.14 Å². The van der Waals surface area contributed by atoms with Gasteiger partial charge < -0.3 is 9.30 Å². The van der Waals surface area contributed by atoms with Crippen LogP contribution in [0.3, 0.4) is 0 Å². The van der Waals surface area contributed by atoms with Crippen LogP contribution in [-0.4, -0.2) is 6.66 Å². The largest absolute Gasteiger partial charge is 0.465 e. The fourth-order valence-corrected chi connectivity index (χ4v) is 3.25. The molecular formula is C13H23O2P. The van der Waals surface area contributed by atoms with Crippen molar-refractivity contribution in [2.45, 2.75) is 41.5 Å². The Morgan fingerprint density at radius 1 is 0.938 bits per heavy atom. The fraction of sp³-hybridized carbons (Fsp3) is 0.692. The van der Waals surface area contributed by atoms with Gasteiger partial charge in [0.05, 0.1) is 0 Å². The number of hydrogen-bond donors (Lipinski definition) is 0. The molecule has 0 bridgehead atoms. The molecule has 0 fully saturated rings. The third kappa shape index (κ3) is 3.25. The van der Waals surface area contributed by atoms with Crippen LogP contribution in [0.4, 0.5) is 0 Å². The summed E-state index contributed by atoms with van der Waals surface area (Å²) >= 11 is 0. The molecule has 92 valence electrons. The summed E-state index contributed by atoms with van der Waals surface area (Å²) in [7, 11) is -2.34. The standard InChI is InChI=1S/C13H23O2P/c1-12(2,3)10-8-16(7,14)9-11(15-10)13(4,5)6/h8-9H,1-7H3. The van der Waals surface area contributed by atoms with Crippen LogP contribution in [-0.2, 0) is 9.30 Å². The van der Waals surface area contributed by atoms with Crippen LogP contribution in [0.2, 0.25) is 0 Å². The Balaban J connectivity index is 3.17. The van der Waals surface area contributed by atoms with Gasteiger partial charge in [-0.2, -0.15) is 0 Å². The van der Waals surface area contributed by atoms with E-state index < -0.39 is 7.14 Å². The smallest absolute Gasteiger partial charge is 0.133 e. The van der Waals surface area contributed by atoms with E-state index in [2.05, 4.69) is 41.5 Å². The van der Waals surface area contributed by atoms with E-state index in [9.17, 15) is 4.57 Å². The summed E-state index contributed by atoms with van der Waals surface area (Å²) in [4.78, 5) is 0. The second-order valence-electron chi connectivity index (χ2n) is 6.65. The van der Waals surface area contributed by atoms with Crippen molar-refractivity contribution in [2.75, 3.05) is 6.66 Å². The van der Waals surface area contributed by atoms with Crippen LogP contribution in [0, 0.1) is 10.8 Å². The van der Waals surface area contributed by atoms with Crippen molar-refractivity contribution in [1.29, 1.82) is 0 Å². The molecule has 1 heterocycles. The maximum atomic E-state index is 12.3. The highest BCUT2D eigenvalue weighted by atomic mass is 31.2. The molecular weight excluding hydrogens is 219 g/mol. The van der Waals surface area contributed by atoms with Gasteiger partial charge in [-0.15, -0.1) is 0 Å². The van der Waals surface area contributed by atoms with Gasteiger partial charge >= 0.3 is 0 Å². The van der Waals surface area contributed by atoms with E-state index in [0.29, 0.717) is 0 Å². The van der Waals surface area contributed by atoms with Gasteiger partial charge in [0.2, 0.25) is 0 Å². The predicted octanol–water partition coefficient (Wildman–Crippen LogP) is 4.78. The number of hydrogen-bond acceptors (Lipinski definition) is 2. The second-order valence-corrected chi connectivity index (χ2v) is 9.28. The summed E-state index contributed by atoms with van der Waals surface area (Å²) in [6, 6.07) is 0. The van der Waals surface area contributed by atoms with Crippen LogP contribution in [0.15, 0.2) is 23.2 Å². The maximum absolute atomic E-state index is 12.3. The highest BCUT2D eigenvalue weighted by molar-refractivity contribution is 7.69. The summed E-state index contributed by atoms with van der Waals surface area (Å²) in [5.41, 5.74) is -0.202. The predicted molar refractivity (Wildman–Crippen MR) is 69.7 cm³/mol. The molecule has 0 saturated carbocycles. The Hall–Kier alpha value is -0.490. The molecule has 0 saturated heterocycles. The zero-order valence-electron chi connectivity index (χ0n) is 11.4. The summed E-state index contributed by atoms with van der Waals surface area (Å²) in [6.45, 7) is 14.2. The van der Waals surface area contributed by atoms with Gasteiger partial charge in [0, 0.05) is 22.5 Å². The molecule has 0 spiro atoms. The molecule has 1 aliphatic rings. The second kappa shape index (κ2) is 3.77. The Kier molecular flexibility index (Phi) is 3.20. The SMILES string of the molecule is CC(C)(C)C1=CP(C)(=O)C=C(C(C)(C)C)O1. The minimum atomic E-state index is -2.34. The fourth-order valence-electron chi connectivity index (χ4n) is 1.37. The number of rotatable bonds is 0. The Morgan fingerprint density at radius 3 is 1.50 bits per heavy atom. The van der Waals surface area contributed by atoms with Crippen molar-refractivity contribution in [3.05, 3.63) is 23.2 Å². The molecule has 0 aromatic rings. The topological polar surface area (TPSA) is 26.3 Å². The van der Waals surface area contributed by atoms with E-state index in [-0.39, 0.29) is 10.8 Å². The molecule has 0 unspecified atom stereocenters. The highest BCUT2D eigenvalue weighted by Gasteiger charge is 2.32. The van der Waals surface area contributed by atoms with Crippen LogP contribution < -0.4 is 0 Å². The van der Waals surface area contributed by atoms with Gasteiger partial charge in [-0.05, 0) is 6.66 Å². The van der Waals surface area contributed by atoms with Gasteiger partial charge in [-0.25, -0.2) is 0 Å². The van der Waals surface area contributed by atoms with E-state index in [0.717, 1.165) is 11.5 Å². The quantitative estimate of drug-likeness (QED) is 0.571. The van der Waals surface area contributed by atoms with E-state index in [1.165, 1.54) is 0 Å². The van der Waals surface area contributed by atoms with Crippen molar-refractivity contribution in [3.8, 4) is 0 Å². The number of allylic oxidation sites excluding steroid dienone is 2. The molecule has 3 heteroatoms. The van der Waals surface area contributed by atoms with Crippen molar-refractivity contribution in [1.82, 2.24) is 0 Å². The average molecular weight is 242 g/mol. The third-order valence-electron chi connectivity index (χ3n) is 2.45. The molecule has 1 rings (SSSR count). The van der Waals surface area contributed by atoms with Gasteiger partial charge in [0.25, 0.3) is 0 Å². The van der Waals surface area contributed by atoms with Crippen LogP contribution >= 0.6 is 7.14 Å². The molecule has 0 aliphatic carbocycles. The Morgan fingerprint density at radius 2 is 1.25 bits per heavy atom. The first kappa shape index (κ1) is 13.6. The number of ether oxygens (including phenoxy) is 1. The lowest BCUT2D eigenvalue weighted by molar-refractivity contribution is 0.164. The van der Waals surface area contributed by atoms with Crippen molar-refractivity contribution < 1.29 is 9.30 Å². The molecule has 0 N–H and O–H groups in total. The van der Waals surface area contributed by atoms with Crippen LogP contribution in [0.5, 0.6) is 0 Å². The van der Waals surface area contributed by atoms with E-state index in [4.69, 9.17) is 4.74 Å². The molecule has 0 aromatic heterocycles. The van der Waals surface area contributed by atoms with E-state index >= 15 is 0 Å². The summed E-state index contributed by atoms with van der Waals surface area (Å²) in [5.74, 6) is 5.24. The first-order valence-corrected chi connectivity index (χ1v) is 7.92. The zero-order chi connectivity index (χ0) is 12.8. The molecule has 0 amide bonds. The van der Waals surface area contributed by atoms with Gasteiger partial charge in [-0.3, -0.25) is 0 Å². The third-order valence-corrected chi connectivity index (χ3v) is 3.94. The molecule has 16 heavy (non-hydrogen) atoms. The van der Waals surface area contributed by atoms with Crippen LogP contribution in [0.1, 0.15) is 41.5 Å². The maximum Gasteiger partial charge on any atom is 0.133 e. The molecule has 0 atom stereocenters. The normalized spacial score (nSPS) is 20.9. The molecule has 0 radical (unpaired) electrons. The monoisotopic (exact) mass is 242 g/mol. The first-order chi connectivity index (χ1) is 6.92. The summed E-state index contributed by atoms with van der Waals surface area (Å²) in [5, 5.41) is 0. The van der Waals surface area contributed by atoms with E-state index in [1.54, 1.807) is 18.3 Å². The minimum absolute atomic E-state index is 0.101. The Labute approximate surface area is 99.1 Å². The zero-order valence-corrected chi connectivity index (χ0v) is 12.3. The first-order valence-electron chi connectivity index (χ1n) is 5.63. The van der Waals surface area contributed by atoms with E-state index in [1.807, 2.05) is 0 Å². The molecule has 0 aromatic carbocycles. The van der Waals surface area contributed by atoms with Gasteiger partial charge in [0.15, 0.2) is 0 Å². The minimum Gasteiger partial charge on any atom is -0.465 e. The Bertz CT molecular complexity index is 355. The van der Waals surface area contributed by atoms with Crippen molar-refractivity contribution in [2.24, 2.45) is 10.8 Å². The summed E-state index contributed by atoms with van der Waals surface area (Å²) in [6.07, 6.45) is 0. The van der Waals surface area contributed by atoms with Crippen LogP contribution in [0.25, 0.3) is 0 Å². The summed E-state index contributed by atoms with van der Waals surface area (Å²) < 4.78 is 18.2.